The molecule has 0 aromatic heterocycles. The Morgan fingerprint density at radius 3 is 2.42 bits per heavy atom. The van der Waals surface area contributed by atoms with Gasteiger partial charge in [0.2, 0.25) is 11.8 Å². The summed E-state index contributed by atoms with van der Waals surface area (Å²) < 4.78 is 0. The van der Waals surface area contributed by atoms with Crippen LogP contribution in [-0.2, 0) is 9.59 Å². The van der Waals surface area contributed by atoms with Gasteiger partial charge in [-0.15, -0.1) is 12.4 Å². The molecule has 6 heteroatoms. The minimum Gasteiger partial charge on any atom is -0.354 e. The fourth-order valence-corrected chi connectivity index (χ4v) is 4.05. The first kappa shape index (κ1) is 21.2. The highest BCUT2D eigenvalue weighted by atomic mass is 35.5. The van der Waals surface area contributed by atoms with Crippen molar-refractivity contribution >= 4 is 24.2 Å². The Bertz CT molecular complexity index is 440. The molecule has 0 aromatic rings. The van der Waals surface area contributed by atoms with Crippen LogP contribution < -0.4 is 16.4 Å². The zero-order valence-corrected chi connectivity index (χ0v) is 16.1. The number of nitrogens with two attached hydrogens (primary N) is 1. The molecule has 2 saturated carbocycles. The molecule has 0 aliphatic heterocycles. The van der Waals surface area contributed by atoms with Crippen molar-refractivity contribution in [3.63, 3.8) is 0 Å². The highest BCUT2D eigenvalue weighted by Crippen LogP contribution is 2.32. The van der Waals surface area contributed by atoms with E-state index in [1.807, 2.05) is 20.8 Å². The fourth-order valence-electron chi connectivity index (χ4n) is 4.05. The van der Waals surface area contributed by atoms with Crippen LogP contribution in [0, 0.1) is 11.8 Å². The molecule has 0 saturated heterocycles. The van der Waals surface area contributed by atoms with Gasteiger partial charge < -0.3 is 16.4 Å². The SMILES string of the molecule is CC(C)NC(=O)C1CCCC(NC(=O)C2CCCCC2(C)N)C1.Cl. The maximum atomic E-state index is 12.6. The average molecular weight is 360 g/mol. The molecule has 2 aliphatic rings. The van der Waals surface area contributed by atoms with Crippen molar-refractivity contribution in [1.29, 1.82) is 0 Å². The largest absolute Gasteiger partial charge is 0.354 e. The Labute approximate surface area is 152 Å². The number of carbonyl (C=O) groups excluding carboxylic acids is 2. The Kier molecular flexibility index (Phi) is 8.00. The number of rotatable bonds is 4. The van der Waals surface area contributed by atoms with E-state index in [0.717, 1.165) is 51.4 Å². The minimum absolute atomic E-state index is 0. The van der Waals surface area contributed by atoms with Gasteiger partial charge in [-0.2, -0.15) is 0 Å². The van der Waals surface area contributed by atoms with Crippen LogP contribution in [0.5, 0.6) is 0 Å². The van der Waals surface area contributed by atoms with Crippen LogP contribution in [0.15, 0.2) is 0 Å². The molecule has 5 nitrogen and oxygen atoms in total. The van der Waals surface area contributed by atoms with Crippen LogP contribution in [0.4, 0.5) is 0 Å². The minimum atomic E-state index is -0.397. The highest BCUT2D eigenvalue weighted by Gasteiger charge is 2.39. The third-order valence-corrected chi connectivity index (χ3v) is 5.39. The summed E-state index contributed by atoms with van der Waals surface area (Å²) in [7, 11) is 0. The smallest absolute Gasteiger partial charge is 0.225 e. The van der Waals surface area contributed by atoms with Crippen LogP contribution in [0.3, 0.4) is 0 Å². The van der Waals surface area contributed by atoms with E-state index in [4.69, 9.17) is 5.73 Å². The van der Waals surface area contributed by atoms with E-state index in [-0.39, 0.29) is 48.1 Å². The number of amides is 2. The van der Waals surface area contributed by atoms with E-state index in [1.165, 1.54) is 0 Å². The zero-order valence-electron chi connectivity index (χ0n) is 15.3. The Morgan fingerprint density at radius 2 is 1.79 bits per heavy atom. The third-order valence-electron chi connectivity index (χ3n) is 5.39. The number of hydrogen-bond donors (Lipinski definition) is 3. The summed E-state index contributed by atoms with van der Waals surface area (Å²) in [4.78, 5) is 24.8. The quantitative estimate of drug-likeness (QED) is 0.721. The van der Waals surface area contributed by atoms with Gasteiger partial charge in [0, 0.05) is 23.5 Å². The van der Waals surface area contributed by atoms with Crippen molar-refractivity contribution < 1.29 is 9.59 Å². The van der Waals surface area contributed by atoms with Gasteiger partial charge in [0.1, 0.15) is 0 Å². The molecule has 2 amide bonds. The maximum absolute atomic E-state index is 12.6. The summed E-state index contributed by atoms with van der Waals surface area (Å²) in [6, 6.07) is 0.273. The summed E-state index contributed by atoms with van der Waals surface area (Å²) >= 11 is 0. The van der Waals surface area contributed by atoms with E-state index < -0.39 is 5.54 Å². The summed E-state index contributed by atoms with van der Waals surface area (Å²) in [5, 5.41) is 6.17. The molecule has 0 spiro atoms. The predicted octanol–water partition coefficient (Wildman–Crippen LogP) is 2.52. The van der Waals surface area contributed by atoms with Crippen molar-refractivity contribution in [2.45, 2.75) is 89.8 Å². The van der Waals surface area contributed by atoms with E-state index in [9.17, 15) is 9.59 Å². The zero-order chi connectivity index (χ0) is 17.0. The normalized spacial score (nSPS) is 33.5. The lowest BCUT2D eigenvalue weighted by Crippen LogP contribution is -2.55. The molecule has 0 heterocycles. The monoisotopic (exact) mass is 359 g/mol. The average Bonchev–Trinajstić information content (AvgIpc) is 2.46. The van der Waals surface area contributed by atoms with Crippen molar-refractivity contribution in [3.8, 4) is 0 Å². The van der Waals surface area contributed by atoms with Crippen molar-refractivity contribution in [3.05, 3.63) is 0 Å². The first-order chi connectivity index (χ1) is 10.8. The lowest BCUT2D eigenvalue weighted by Gasteiger charge is -2.39. The van der Waals surface area contributed by atoms with Gasteiger partial charge in [-0.3, -0.25) is 9.59 Å². The molecule has 0 bridgehead atoms. The summed E-state index contributed by atoms with van der Waals surface area (Å²) in [5.74, 6) is 0.137. The molecule has 2 rings (SSSR count). The standard InChI is InChI=1S/C18H33N3O2.ClH/c1-12(2)20-16(22)13-7-6-8-14(11-13)21-17(23)15-9-4-5-10-18(15,3)19;/h12-15H,4-11,19H2,1-3H3,(H,20,22)(H,21,23);1H. The molecule has 24 heavy (non-hydrogen) atoms. The molecule has 2 fully saturated rings. The molecule has 0 aromatic carbocycles. The molecule has 4 N–H and O–H groups in total. The summed E-state index contributed by atoms with van der Waals surface area (Å²) in [6.07, 6.45) is 7.60. The molecular weight excluding hydrogens is 326 g/mol. The van der Waals surface area contributed by atoms with Crippen molar-refractivity contribution in [2.24, 2.45) is 17.6 Å². The second-order valence-electron chi connectivity index (χ2n) is 8.04. The first-order valence-electron chi connectivity index (χ1n) is 9.19. The number of halogens is 1. The fraction of sp³-hybridized carbons (Fsp3) is 0.889. The molecule has 4 unspecified atom stereocenters. The highest BCUT2D eigenvalue weighted by molar-refractivity contribution is 5.85. The molecule has 4 atom stereocenters. The lowest BCUT2D eigenvalue weighted by atomic mass is 9.74. The van der Waals surface area contributed by atoms with Gasteiger partial charge in [0.05, 0.1) is 5.92 Å². The van der Waals surface area contributed by atoms with E-state index >= 15 is 0 Å². The maximum Gasteiger partial charge on any atom is 0.225 e. The number of hydrogen-bond acceptors (Lipinski definition) is 3. The molecule has 140 valence electrons. The Hall–Kier alpha value is -0.810. The predicted molar refractivity (Wildman–Crippen MR) is 99.0 cm³/mol. The van der Waals surface area contributed by atoms with Gasteiger partial charge in [-0.05, 0) is 52.9 Å². The second kappa shape index (κ2) is 9.04. The van der Waals surface area contributed by atoms with Crippen LogP contribution in [-0.4, -0.2) is 29.4 Å². The van der Waals surface area contributed by atoms with Crippen LogP contribution in [0.1, 0.15) is 72.1 Å². The Balaban J connectivity index is 0.00000288. The molecular formula is C18H34ClN3O2. The van der Waals surface area contributed by atoms with Crippen LogP contribution in [0.25, 0.3) is 0 Å². The summed E-state index contributed by atoms with van der Waals surface area (Å²) in [5.41, 5.74) is 5.94. The van der Waals surface area contributed by atoms with Gasteiger partial charge in [-0.1, -0.05) is 19.3 Å². The van der Waals surface area contributed by atoms with Gasteiger partial charge in [-0.25, -0.2) is 0 Å². The van der Waals surface area contributed by atoms with E-state index in [0.29, 0.717) is 0 Å². The second-order valence-corrected chi connectivity index (χ2v) is 8.04. The van der Waals surface area contributed by atoms with Crippen LogP contribution in [0.2, 0.25) is 0 Å². The van der Waals surface area contributed by atoms with E-state index in [2.05, 4.69) is 10.6 Å². The molecule has 0 radical (unpaired) electrons. The van der Waals surface area contributed by atoms with Crippen LogP contribution >= 0.6 is 12.4 Å². The number of carbonyl (C=O) groups is 2. The number of nitrogens with one attached hydrogen (secondary N) is 2. The van der Waals surface area contributed by atoms with Crippen molar-refractivity contribution in [1.82, 2.24) is 10.6 Å². The third kappa shape index (κ3) is 5.62. The lowest BCUT2D eigenvalue weighted by molar-refractivity contribution is -0.131. The Morgan fingerprint density at radius 1 is 1.08 bits per heavy atom. The van der Waals surface area contributed by atoms with Gasteiger partial charge >= 0.3 is 0 Å². The van der Waals surface area contributed by atoms with E-state index in [1.54, 1.807) is 0 Å². The topological polar surface area (TPSA) is 84.2 Å². The van der Waals surface area contributed by atoms with Crippen molar-refractivity contribution in [2.75, 3.05) is 0 Å². The molecule has 2 aliphatic carbocycles. The van der Waals surface area contributed by atoms with Gasteiger partial charge in [0.15, 0.2) is 0 Å². The van der Waals surface area contributed by atoms with Gasteiger partial charge in [0.25, 0.3) is 0 Å². The first-order valence-corrected chi connectivity index (χ1v) is 9.19. The summed E-state index contributed by atoms with van der Waals surface area (Å²) in [6.45, 7) is 5.95.